The largest absolute Gasteiger partial charge is 0.416 e. The summed E-state index contributed by atoms with van der Waals surface area (Å²) in [4.78, 5) is 32.3. The summed E-state index contributed by atoms with van der Waals surface area (Å²) in [6.45, 7) is 4.77. The van der Waals surface area contributed by atoms with Gasteiger partial charge in [0.15, 0.2) is 0 Å². The van der Waals surface area contributed by atoms with Crippen LogP contribution >= 0.6 is 0 Å². The number of nitrogens with zero attached hydrogens (tertiary/aromatic N) is 3. The van der Waals surface area contributed by atoms with Gasteiger partial charge in [0.25, 0.3) is 0 Å². The Balaban J connectivity index is 1.42. The molecular formula is C25H34F3N3O3. The van der Waals surface area contributed by atoms with Crippen molar-refractivity contribution >= 4 is 11.8 Å². The van der Waals surface area contributed by atoms with E-state index in [2.05, 4.69) is 4.90 Å². The maximum atomic E-state index is 13.7. The normalized spacial score (nSPS) is 22.3. The molecule has 0 aromatic heterocycles. The first-order chi connectivity index (χ1) is 16.3. The Labute approximate surface area is 199 Å². The van der Waals surface area contributed by atoms with Gasteiger partial charge in [0.1, 0.15) is 0 Å². The molecule has 3 aliphatic heterocycles. The minimum Gasteiger partial charge on any atom is -0.381 e. The lowest BCUT2D eigenvalue weighted by molar-refractivity contribution is -0.144. The van der Waals surface area contributed by atoms with Gasteiger partial charge in [0.05, 0.1) is 17.5 Å². The Hall–Kier alpha value is -2.13. The maximum Gasteiger partial charge on any atom is 0.416 e. The molecule has 0 spiro atoms. The van der Waals surface area contributed by atoms with Crippen molar-refractivity contribution in [3.63, 3.8) is 0 Å². The molecule has 1 aromatic carbocycles. The van der Waals surface area contributed by atoms with Crippen LogP contribution in [0.1, 0.15) is 49.7 Å². The van der Waals surface area contributed by atoms with Crippen molar-refractivity contribution in [2.75, 3.05) is 59.0 Å². The smallest absolute Gasteiger partial charge is 0.381 e. The number of halogens is 3. The van der Waals surface area contributed by atoms with Gasteiger partial charge in [-0.15, -0.1) is 0 Å². The quantitative estimate of drug-likeness (QED) is 0.662. The summed E-state index contributed by atoms with van der Waals surface area (Å²) >= 11 is 0. The number of benzene rings is 1. The molecule has 3 aliphatic rings. The highest BCUT2D eigenvalue weighted by Crippen LogP contribution is 2.39. The fourth-order valence-corrected chi connectivity index (χ4v) is 5.36. The van der Waals surface area contributed by atoms with E-state index in [-0.39, 0.29) is 11.8 Å². The Morgan fingerprint density at radius 1 is 0.882 bits per heavy atom. The van der Waals surface area contributed by atoms with Gasteiger partial charge in [-0.05, 0) is 37.3 Å². The molecule has 3 fully saturated rings. The molecule has 6 nitrogen and oxygen atoms in total. The molecular weight excluding hydrogens is 447 g/mol. The number of hydrogen-bond donors (Lipinski definition) is 0. The molecule has 1 aromatic rings. The van der Waals surface area contributed by atoms with E-state index in [1.54, 1.807) is 11.0 Å². The maximum absolute atomic E-state index is 13.7. The summed E-state index contributed by atoms with van der Waals surface area (Å²) in [5, 5.41) is 0. The van der Waals surface area contributed by atoms with Crippen molar-refractivity contribution in [2.45, 2.75) is 50.1 Å². The number of likely N-dealkylation sites (tertiary alicyclic amines) is 1. The summed E-state index contributed by atoms with van der Waals surface area (Å²) in [6.07, 6.45) is 0.704. The molecule has 9 heteroatoms. The summed E-state index contributed by atoms with van der Waals surface area (Å²) in [5.74, 6) is 0.0140. The Morgan fingerprint density at radius 2 is 1.53 bits per heavy atom. The molecule has 4 rings (SSSR count). The number of alkyl halides is 3. The molecule has 188 valence electrons. The zero-order valence-corrected chi connectivity index (χ0v) is 19.6. The van der Waals surface area contributed by atoms with Crippen LogP contribution in [0.15, 0.2) is 24.3 Å². The highest BCUT2D eigenvalue weighted by atomic mass is 19.4. The van der Waals surface area contributed by atoms with Gasteiger partial charge < -0.3 is 14.5 Å². The van der Waals surface area contributed by atoms with Gasteiger partial charge in [-0.3, -0.25) is 14.5 Å². The van der Waals surface area contributed by atoms with Gasteiger partial charge >= 0.3 is 6.18 Å². The highest BCUT2D eigenvalue weighted by molar-refractivity contribution is 5.88. The van der Waals surface area contributed by atoms with E-state index in [0.29, 0.717) is 64.3 Å². The number of piperazine rings is 1. The first-order valence-corrected chi connectivity index (χ1v) is 12.3. The molecule has 0 aliphatic carbocycles. The Bertz CT molecular complexity index is 854. The van der Waals surface area contributed by atoms with Crippen LogP contribution in [0.4, 0.5) is 13.2 Å². The van der Waals surface area contributed by atoms with E-state index in [1.807, 2.05) is 4.90 Å². The summed E-state index contributed by atoms with van der Waals surface area (Å²) in [6, 6.07) is 5.18. The minimum absolute atomic E-state index is 0.131. The van der Waals surface area contributed by atoms with Crippen LogP contribution in [-0.2, 0) is 25.9 Å². The second kappa shape index (κ2) is 10.6. The van der Waals surface area contributed by atoms with Gasteiger partial charge in [-0.1, -0.05) is 31.0 Å². The average molecular weight is 482 g/mol. The number of hydrogen-bond acceptors (Lipinski definition) is 4. The molecule has 3 heterocycles. The Kier molecular flexibility index (Phi) is 7.82. The van der Waals surface area contributed by atoms with E-state index in [9.17, 15) is 22.8 Å². The first-order valence-electron chi connectivity index (χ1n) is 12.3. The fourth-order valence-electron chi connectivity index (χ4n) is 5.36. The topological polar surface area (TPSA) is 53.1 Å². The van der Waals surface area contributed by atoms with Crippen LogP contribution in [0.2, 0.25) is 0 Å². The van der Waals surface area contributed by atoms with Crippen molar-refractivity contribution in [3.05, 3.63) is 35.4 Å². The number of carbonyl (C=O) groups excluding carboxylic acids is 2. The van der Waals surface area contributed by atoms with E-state index in [1.165, 1.54) is 18.9 Å². The van der Waals surface area contributed by atoms with Crippen molar-refractivity contribution in [2.24, 2.45) is 0 Å². The molecule has 0 bridgehead atoms. The van der Waals surface area contributed by atoms with Crippen molar-refractivity contribution < 1.29 is 27.5 Å². The van der Waals surface area contributed by atoms with Crippen molar-refractivity contribution in [1.82, 2.24) is 14.7 Å². The highest BCUT2D eigenvalue weighted by Gasteiger charge is 2.45. The number of carbonyl (C=O) groups is 2. The summed E-state index contributed by atoms with van der Waals surface area (Å²) in [7, 11) is 0. The van der Waals surface area contributed by atoms with Crippen LogP contribution in [0.25, 0.3) is 0 Å². The zero-order valence-electron chi connectivity index (χ0n) is 19.6. The number of rotatable bonds is 4. The van der Waals surface area contributed by atoms with Gasteiger partial charge in [-0.25, -0.2) is 0 Å². The lowest BCUT2D eigenvalue weighted by Gasteiger charge is -2.43. The third-order valence-corrected chi connectivity index (χ3v) is 7.48. The molecule has 3 saturated heterocycles. The number of ether oxygens (including phenoxy) is 1. The summed E-state index contributed by atoms with van der Waals surface area (Å²) < 4.78 is 45.6. The third-order valence-electron chi connectivity index (χ3n) is 7.48. The molecule has 0 saturated carbocycles. The predicted octanol–water partition coefficient (Wildman–Crippen LogP) is 3.30. The van der Waals surface area contributed by atoms with Crippen LogP contribution in [-0.4, -0.2) is 85.5 Å². The lowest BCUT2D eigenvalue weighted by Crippen LogP contribution is -2.57. The molecule has 34 heavy (non-hydrogen) atoms. The molecule has 0 radical (unpaired) electrons. The van der Waals surface area contributed by atoms with Gasteiger partial charge in [0, 0.05) is 52.5 Å². The molecule has 0 atom stereocenters. The van der Waals surface area contributed by atoms with Crippen LogP contribution < -0.4 is 0 Å². The standard InChI is InChI=1S/C25H34F3N3O3/c26-25(27,28)21-7-5-6-20(18-21)24(8-16-34-17-9-24)23(33)31-14-12-29(13-15-31)19-22(32)30-10-3-1-2-4-11-30/h5-7,18H,1-4,8-17,19H2. The monoisotopic (exact) mass is 481 g/mol. The second-order valence-electron chi connectivity index (χ2n) is 9.64. The first kappa shape index (κ1) is 25.0. The molecule has 2 amide bonds. The second-order valence-corrected chi connectivity index (χ2v) is 9.64. The molecule has 0 unspecified atom stereocenters. The van der Waals surface area contributed by atoms with Gasteiger partial charge in [0.2, 0.25) is 11.8 Å². The predicted molar refractivity (Wildman–Crippen MR) is 121 cm³/mol. The van der Waals surface area contributed by atoms with Crippen LogP contribution in [0, 0.1) is 0 Å². The van der Waals surface area contributed by atoms with Crippen molar-refractivity contribution in [3.8, 4) is 0 Å². The van der Waals surface area contributed by atoms with E-state index < -0.39 is 17.2 Å². The van der Waals surface area contributed by atoms with Crippen LogP contribution in [0.3, 0.4) is 0 Å². The van der Waals surface area contributed by atoms with Gasteiger partial charge in [-0.2, -0.15) is 13.2 Å². The minimum atomic E-state index is -4.46. The van der Waals surface area contributed by atoms with E-state index in [4.69, 9.17) is 4.74 Å². The lowest BCUT2D eigenvalue weighted by atomic mass is 9.72. The zero-order chi connectivity index (χ0) is 24.2. The fraction of sp³-hybridized carbons (Fsp3) is 0.680. The number of amides is 2. The van der Waals surface area contributed by atoms with Crippen molar-refractivity contribution in [1.29, 1.82) is 0 Å². The third kappa shape index (κ3) is 5.57. The van der Waals surface area contributed by atoms with E-state index >= 15 is 0 Å². The van der Waals surface area contributed by atoms with Crippen LogP contribution in [0.5, 0.6) is 0 Å². The SMILES string of the molecule is O=C(CN1CCN(C(=O)C2(c3cccc(C(F)(F)F)c3)CCOCC2)CC1)N1CCCCCC1. The Morgan fingerprint density at radius 3 is 2.15 bits per heavy atom. The average Bonchev–Trinajstić information content (AvgIpc) is 3.14. The summed E-state index contributed by atoms with van der Waals surface area (Å²) in [5.41, 5.74) is -1.33. The molecule has 0 N–H and O–H groups in total. The van der Waals surface area contributed by atoms with E-state index in [0.717, 1.165) is 38.1 Å².